The van der Waals surface area contributed by atoms with Crippen molar-refractivity contribution < 1.29 is 0 Å². The normalized spacial score (nSPS) is 13.7. The minimum Gasteiger partial charge on any atom is -0.0656 e. The quantitative estimate of drug-likeness (QED) is 0.232. The zero-order chi connectivity index (χ0) is 20.9. The molecule has 0 aromatic heterocycles. The van der Waals surface area contributed by atoms with Gasteiger partial charge in [-0.05, 0) is 66.7 Å². The fourth-order valence-corrected chi connectivity index (χ4v) is 5.10. The largest absolute Gasteiger partial charge is 0.0656 e. The Labute approximate surface area is 179 Å². The highest BCUT2D eigenvalue weighted by atomic mass is 14.4. The van der Waals surface area contributed by atoms with E-state index in [1.165, 1.54) is 61.0 Å². The third-order valence-corrected chi connectivity index (χ3v) is 6.45. The maximum atomic E-state index is 2.46. The molecule has 1 aliphatic carbocycles. The van der Waals surface area contributed by atoms with Crippen LogP contribution in [0.15, 0.2) is 84.9 Å². The number of benzene rings is 5. The van der Waals surface area contributed by atoms with Crippen LogP contribution in [0.3, 0.4) is 0 Å². The van der Waals surface area contributed by atoms with Gasteiger partial charge in [0.25, 0.3) is 0 Å². The molecule has 0 N–H and O–H groups in total. The van der Waals surface area contributed by atoms with Gasteiger partial charge in [-0.1, -0.05) is 107 Å². The Morgan fingerprint density at radius 1 is 0.500 bits per heavy atom. The summed E-state index contributed by atoms with van der Waals surface area (Å²) in [6.45, 7) is 8.96. The average molecular weight is 389 g/mol. The van der Waals surface area contributed by atoms with Gasteiger partial charge in [0.2, 0.25) is 0 Å². The van der Waals surface area contributed by atoms with Gasteiger partial charge in [-0.25, -0.2) is 0 Å². The Balaban J connectivity index is 0.000000609. The van der Waals surface area contributed by atoms with Crippen molar-refractivity contribution in [2.24, 2.45) is 0 Å². The molecule has 6 rings (SSSR count). The summed E-state index contributed by atoms with van der Waals surface area (Å²) in [6, 6.07) is 31.4. The molecule has 0 saturated carbocycles. The predicted molar refractivity (Wildman–Crippen MR) is 132 cm³/mol. The number of rotatable bonds is 0. The Morgan fingerprint density at radius 3 is 1.50 bits per heavy atom. The zero-order valence-corrected chi connectivity index (χ0v) is 18.3. The third kappa shape index (κ3) is 2.60. The van der Waals surface area contributed by atoms with Crippen molar-refractivity contribution in [1.29, 1.82) is 0 Å². The molecule has 0 atom stereocenters. The fourth-order valence-electron chi connectivity index (χ4n) is 5.10. The summed E-state index contributed by atoms with van der Waals surface area (Å²) in [7, 11) is 0. The van der Waals surface area contributed by atoms with Crippen molar-refractivity contribution in [2.45, 2.75) is 39.5 Å². The van der Waals surface area contributed by atoms with Crippen LogP contribution in [0.2, 0.25) is 0 Å². The molecule has 0 bridgehead atoms. The molecular weight excluding hydrogens is 360 g/mol. The highest BCUT2D eigenvalue weighted by Crippen LogP contribution is 2.51. The number of hydrogen-bond acceptors (Lipinski definition) is 0. The molecule has 0 aliphatic heterocycles. The number of fused-ring (bicyclic) bond motifs is 9. The Hall–Kier alpha value is -3.12. The lowest BCUT2D eigenvalue weighted by atomic mass is 9.81. The van der Waals surface area contributed by atoms with Crippen molar-refractivity contribution >= 4 is 32.3 Å². The predicted octanol–water partition coefficient (Wildman–Crippen LogP) is 8.87. The van der Waals surface area contributed by atoms with Gasteiger partial charge in [-0.3, -0.25) is 0 Å². The van der Waals surface area contributed by atoms with Crippen LogP contribution in [0, 0.1) is 0 Å². The van der Waals surface area contributed by atoms with Crippen LogP contribution in [0.25, 0.3) is 43.4 Å². The molecule has 0 saturated heterocycles. The highest BCUT2D eigenvalue weighted by Gasteiger charge is 2.35. The first-order chi connectivity index (χ1) is 14.6. The molecule has 0 amide bonds. The molecular formula is C30H28. The van der Waals surface area contributed by atoms with Crippen LogP contribution >= 0.6 is 0 Å². The second kappa shape index (κ2) is 6.99. The monoisotopic (exact) mass is 388 g/mol. The van der Waals surface area contributed by atoms with Gasteiger partial charge in [0.05, 0.1) is 0 Å². The summed E-state index contributed by atoms with van der Waals surface area (Å²) in [5.41, 5.74) is 5.69. The van der Waals surface area contributed by atoms with E-state index in [0.29, 0.717) is 0 Å². The van der Waals surface area contributed by atoms with E-state index in [1.54, 1.807) is 0 Å². The lowest BCUT2D eigenvalue weighted by Crippen LogP contribution is -2.14. The van der Waals surface area contributed by atoms with Crippen molar-refractivity contribution in [3.8, 4) is 11.1 Å². The Kier molecular flexibility index (Phi) is 4.40. The van der Waals surface area contributed by atoms with E-state index in [0.717, 1.165) is 0 Å². The molecule has 5 aromatic carbocycles. The molecule has 1 aliphatic rings. The summed E-state index contributed by atoms with van der Waals surface area (Å²) in [4.78, 5) is 0. The second-order valence-electron chi connectivity index (χ2n) is 8.91. The maximum absolute atomic E-state index is 2.46. The minimum absolute atomic E-state index is 0.0346. The minimum atomic E-state index is 0.0346. The lowest BCUT2D eigenvalue weighted by molar-refractivity contribution is 0.661. The van der Waals surface area contributed by atoms with Crippen LogP contribution < -0.4 is 0 Å². The molecule has 0 fully saturated rings. The summed E-state index contributed by atoms with van der Waals surface area (Å²) in [6.07, 6.45) is 1.25. The summed E-state index contributed by atoms with van der Waals surface area (Å²) < 4.78 is 0. The van der Waals surface area contributed by atoms with Crippen molar-refractivity contribution in [1.82, 2.24) is 0 Å². The van der Waals surface area contributed by atoms with E-state index in [2.05, 4.69) is 113 Å². The second-order valence-corrected chi connectivity index (χ2v) is 8.91. The van der Waals surface area contributed by atoms with Gasteiger partial charge in [-0.2, -0.15) is 0 Å². The number of hydrogen-bond donors (Lipinski definition) is 0. The van der Waals surface area contributed by atoms with Crippen molar-refractivity contribution in [3.05, 3.63) is 96.1 Å². The standard InChI is InChI=1S/C27H20.C3H8/c1-27(2)25-14-8-7-13-21(25)24-15-22-19-11-5-3-9-17(19)18-10-4-6-12-20(18)23(22)16-26(24)27;1-3-2/h3-16H,1-2H3;3H2,1-2H3. The Morgan fingerprint density at radius 2 is 0.933 bits per heavy atom. The maximum Gasteiger partial charge on any atom is 0.0159 e. The molecule has 0 heteroatoms. The smallest absolute Gasteiger partial charge is 0.0159 e. The van der Waals surface area contributed by atoms with Crippen molar-refractivity contribution in [2.75, 3.05) is 0 Å². The SMILES string of the molecule is CC1(C)c2ccccc2-c2cc3c4ccccc4c4ccccc4c3cc21.CCC. The Bertz CT molecular complexity index is 1400. The van der Waals surface area contributed by atoms with Gasteiger partial charge in [0.1, 0.15) is 0 Å². The molecule has 30 heavy (non-hydrogen) atoms. The van der Waals surface area contributed by atoms with Gasteiger partial charge < -0.3 is 0 Å². The third-order valence-electron chi connectivity index (χ3n) is 6.45. The average Bonchev–Trinajstić information content (AvgIpc) is 3.00. The fraction of sp³-hybridized carbons (Fsp3) is 0.200. The summed E-state index contributed by atoms with van der Waals surface area (Å²) in [5, 5.41) is 8.09. The topological polar surface area (TPSA) is 0 Å². The van der Waals surface area contributed by atoms with E-state index >= 15 is 0 Å². The van der Waals surface area contributed by atoms with Crippen LogP contribution in [-0.4, -0.2) is 0 Å². The van der Waals surface area contributed by atoms with Gasteiger partial charge in [-0.15, -0.1) is 0 Å². The lowest BCUT2D eigenvalue weighted by Gasteiger charge is -2.22. The summed E-state index contributed by atoms with van der Waals surface area (Å²) >= 11 is 0. The van der Waals surface area contributed by atoms with E-state index in [1.807, 2.05) is 0 Å². The first-order valence-electron chi connectivity index (χ1n) is 11.1. The van der Waals surface area contributed by atoms with E-state index in [9.17, 15) is 0 Å². The zero-order valence-electron chi connectivity index (χ0n) is 18.3. The molecule has 0 nitrogen and oxygen atoms in total. The first kappa shape index (κ1) is 18.9. The van der Waals surface area contributed by atoms with E-state index < -0.39 is 0 Å². The molecule has 5 aromatic rings. The molecule has 0 heterocycles. The van der Waals surface area contributed by atoms with Gasteiger partial charge >= 0.3 is 0 Å². The van der Waals surface area contributed by atoms with Crippen LogP contribution in [-0.2, 0) is 5.41 Å². The van der Waals surface area contributed by atoms with E-state index in [-0.39, 0.29) is 5.41 Å². The van der Waals surface area contributed by atoms with E-state index in [4.69, 9.17) is 0 Å². The highest BCUT2D eigenvalue weighted by molar-refractivity contribution is 6.26. The van der Waals surface area contributed by atoms with Gasteiger partial charge in [0, 0.05) is 5.41 Å². The first-order valence-corrected chi connectivity index (χ1v) is 11.1. The molecule has 148 valence electrons. The summed E-state index contributed by atoms with van der Waals surface area (Å²) in [5.74, 6) is 0. The van der Waals surface area contributed by atoms with Crippen molar-refractivity contribution in [3.63, 3.8) is 0 Å². The molecule has 0 spiro atoms. The van der Waals surface area contributed by atoms with Gasteiger partial charge in [0.15, 0.2) is 0 Å². The van der Waals surface area contributed by atoms with Crippen LogP contribution in [0.1, 0.15) is 45.2 Å². The molecule has 0 unspecified atom stereocenters. The van der Waals surface area contributed by atoms with Crippen LogP contribution in [0.4, 0.5) is 0 Å². The molecule has 0 radical (unpaired) electrons. The van der Waals surface area contributed by atoms with Crippen LogP contribution in [0.5, 0.6) is 0 Å².